The van der Waals surface area contributed by atoms with Crippen LogP contribution in [0.4, 0.5) is 0 Å². The molecule has 0 radical (unpaired) electrons. The highest BCUT2D eigenvalue weighted by Gasteiger charge is 2.39. The molecule has 4 rings (SSSR count). The highest BCUT2D eigenvalue weighted by atomic mass is 16.6. The topological polar surface area (TPSA) is 222 Å². The number of aromatic nitrogens is 5. The van der Waals surface area contributed by atoms with Crippen LogP contribution in [-0.4, -0.2) is 73.8 Å². The Labute approximate surface area is 291 Å². The molecule has 0 aliphatic carbocycles. The molecule has 3 heterocycles. The summed E-state index contributed by atoms with van der Waals surface area (Å²) < 4.78 is 25.6. The summed E-state index contributed by atoms with van der Waals surface area (Å²) in [6, 6.07) is 8.42. The number of ether oxygens (including phenoxy) is 4. The number of pyridine rings is 1. The van der Waals surface area contributed by atoms with Gasteiger partial charge in [0.15, 0.2) is 42.6 Å². The molecular formula is C34H39N6O11+. The van der Waals surface area contributed by atoms with Gasteiger partial charge in [0.25, 0.3) is 11.3 Å². The van der Waals surface area contributed by atoms with Gasteiger partial charge < -0.3 is 29.2 Å². The molecule has 1 amide bonds. The van der Waals surface area contributed by atoms with Gasteiger partial charge in [-0.25, -0.2) is 9.78 Å². The Morgan fingerprint density at radius 2 is 1.49 bits per heavy atom. The van der Waals surface area contributed by atoms with Crippen LogP contribution in [0.3, 0.4) is 0 Å². The van der Waals surface area contributed by atoms with Crippen LogP contribution in [0.25, 0.3) is 22.6 Å². The van der Waals surface area contributed by atoms with Gasteiger partial charge in [-0.15, -0.1) is 0 Å². The molecule has 1 aromatic heterocycles. The number of hydrogen-bond acceptors (Lipinski definition) is 13. The predicted molar refractivity (Wildman–Crippen MR) is 177 cm³/mol. The fourth-order valence-electron chi connectivity index (χ4n) is 5.60. The van der Waals surface area contributed by atoms with E-state index in [4.69, 9.17) is 24.7 Å². The van der Waals surface area contributed by atoms with Gasteiger partial charge in [-0.2, -0.15) is 9.55 Å². The number of rotatable bonds is 14. The fourth-order valence-corrected chi connectivity index (χ4v) is 5.60. The van der Waals surface area contributed by atoms with E-state index in [1.54, 1.807) is 41.1 Å². The van der Waals surface area contributed by atoms with Gasteiger partial charge >= 0.3 is 35.5 Å². The molecule has 2 aromatic rings. The standard InChI is InChI=1S/C34H38N6O11/c1-18-14-24-26(15-19(18)2)40(16-27(49-21(4)42)30(51-23(6)44)28(50-22(5)43)17-48-20(3)41)32-29(36-24)33(46)39(34(47)37-32)13-9-12-38-11-8-7-10-25(38)31(35)45/h7-8,10-11,14-15,27-28,30H,9,12-13,16-17H2,1-6H3,(H-,35,45)/p+1. The zero-order valence-corrected chi connectivity index (χ0v) is 29.0. The maximum Gasteiger partial charge on any atom is 0.352 e. The molecule has 17 nitrogen and oxygen atoms in total. The van der Waals surface area contributed by atoms with E-state index in [1.807, 2.05) is 13.8 Å². The number of aryl methyl sites for hydroxylation is 3. The second-order valence-corrected chi connectivity index (χ2v) is 11.8. The number of fused-ring (bicyclic) bond motifs is 2. The maximum atomic E-state index is 13.9. The minimum Gasteiger partial charge on any atom is -0.462 e. The van der Waals surface area contributed by atoms with Crippen molar-refractivity contribution in [2.45, 2.75) is 85.9 Å². The summed E-state index contributed by atoms with van der Waals surface area (Å²) in [7, 11) is 0. The Bertz CT molecular complexity index is 2090. The summed E-state index contributed by atoms with van der Waals surface area (Å²) >= 11 is 0. The van der Waals surface area contributed by atoms with Crippen molar-refractivity contribution < 1.29 is 47.5 Å². The number of carbonyl (C=O) groups excluding carboxylic acids is 5. The molecule has 51 heavy (non-hydrogen) atoms. The first-order chi connectivity index (χ1) is 24.1. The third-order valence-corrected chi connectivity index (χ3v) is 7.92. The number of carbonyl (C=O) groups is 5. The van der Waals surface area contributed by atoms with Gasteiger partial charge in [0.05, 0.1) is 17.6 Å². The molecule has 2 aliphatic heterocycles. The molecule has 3 unspecified atom stereocenters. The predicted octanol–water partition coefficient (Wildman–Crippen LogP) is 0.510. The molecule has 0 saturated heterocycles. The summed E-state index contributed by atoms with van der Waals surface area (Å²) in [6.07, 6.45) is -2.49. The number of nitrogens with zero attached hydrogens (tertiary/aromatic N) is 5. The van der Waals surface area contributed by atoms with Crippen LogP contribution >= 0.6 is 0 Å². The monoisotopic (exact) mass is 707 g/mol. The Balaban J connectivity index is 1.87. The van der Waals surface area contributed by atoms with Crippen molar-refractivity contribution >= 4 is 40.8 Å². The van der Waals surface area contributed by atoms with E-state index in [0.717, 1.165) is 43.4 Å². The summed E-state index contributed by atoms with van der Waals surface area (Å²) in [5.41, 5.74) is 6.27. The van der Waals surface area contributed by atoms with Crippen molar-refractivity contribution in [3.05, 3.63) is 74.2 Å². The number of benzene rings is 1. The largest absolute Gasteiger partial charge is 0.462 e. The van der Waals surface area contributed by atoms with Crippen molar-refractivity contribution in [3.63, 3.8) is 0 Å². The second kappa shape index (κ2) is 16.1. The van der Waals surface area contributed by atoms with Gasteiger partial charge in [0.1, 0.15) is 6.61 Å². The average molecular weight is 708 g/mol. The van der Waals surface area contributed by atoms with Gasteiger partial charge in [-0.3, -0.25) is 33.3 Å². The lowest BCUT2D eigenvalue weighted by molar-refractivity contribution is -0.699. The van der Waals surface area contributed by atoms with E-state index in [9.17, 15) is 33.6 Å². The summed E-state index contributed by atoms with van der Waals surface area (Å²) in [5, 5.41) is 0. The van der Waals surface area contributed by atoms with Crippen molar-refractivity contribution in [1.82, 2.24) is 19.1 Å². The highest BCUT2D eigenvalue weighted by Crippen LogP contribution is 2.26. The number of primary amides is 1. The quantitative estimate of drug-likeness (QED) is 0.0818. The fraction of sp³-hybridized carbons (Fsp3) is 0.412. The number of hydrogen-bond donors (Lipinski definition) is 1. The van der Waals surface area contributed by atoms with E-state index in [0.29, 0.717) is 11.0 Å². The van der Waals surface area contributed by atoms with Crippen molar-refractivity contribution in [2.24, 2.45) is 5.73 Å². The van der Waals surface area contributed by atoms with Gasteiger partial charge in [0, 0.05) is 52.8 Å². The van der Waals surface area contributed by atoms with E-state index < -0.39 is 66.0 Å². The van der Waals surface area contributed by atoms with Crippen LogP contribution < -0.4 is 21.5 Å². The van der Waals surface area contributed by atoms with Gasteiger partial charge in [-0.1, -0.05) is 0 Å². The van der Waals surface area contributed by atoms with E-state index in [1.165, 1.54) is 4.57 Å². The number of amides is 1. The maximum absolute atomic E-state index is 13.9. The SMILES string of the molecule is CC(=O)OCC(OC(C)=O)C(OC(C)=O)C(Cn1c2nc(=O)n(CCC[n+]3ccccc3C(N)=O)c(=O)c-2nc2cc(C)c(C)cc21)OC(C)=O. The average Bonchev–Trinajstić information content (AvgIpc) is 3.04. The highest BCUT2D eigenvalue weighted by molar-refractivity contribution is 5.89. The molecule has 0 bridgehead atoms. The van der Waals surface area contributed by atoms with E-state index in [2.05, 4.69) is 9.97 Å². The zero-order chi connectivity index (χ0) is 37.6. The Morgan fingerprint density at radius 1 is 0.843 bits per heavy atom. The lowest BCUT2D eigenvalue weighted by Crippen LogP contribution is -2.49. The molecule has 0 fully saturated rings. The van der Waals surface area contributed by atoms with Crippen molar-refractivity contribution in [2.75, 3.05) is 6.61 Å². The Kier molecular flexibility index (Phi) is 12.0. The smallest absolute Gasteiger partial charge is 0.352 e. The molecule has 3 atom stereocenters. The first-order valence-corrected chi connectivity index (χ1v) is 15.9. The lowest BCUT2D eigenvalue weighted by Gasteiger charge is -2.32. The van der Waals surface area contributed by atoms with Crippen LogP contribution in [0.1, 0.15) is 55.7 Å². The molecule has 17 heteroatoms. The van der Waals surface area contributed by atoms with Crippen LogP contribution in [0.15, 0.2) is 46.1 Å². The summed E-state index contributed by atoms with van der Waals surface area (Å²) in [6.45, 7) is 7.35. The van der Waals surface area contributed by atoms with Crippen LogP contribution in [-0.2, 0) is 57.8 Å². The van der Waals surface area contributed by atoms with E-state index >= 15 is 0 Å². The first-order valence-electron chi connectivity index (χ1n) is 15.9. The van der Waals surface area contributed by atoms with Crippen molar-refractivity contribution in [3.8, 4) is 11.5 Å². The van der Waals surface area contributed by atoms with Crippen molar-refractivity contribution in [1.29, 1.82) is 0 Å². The molecular weight excluding hydrogens is 668 g/mol. The normalized spacial score (nSPS) is 12.9. The summed E-state index contributed by atoms with van der Waals surface area (Å²) in [4.78, 5) is 96.7. The van der Waals surface area contributed by atoms with Crippen LogP contribution in [0, 0.1) is 13.8 Å². The minimum absolute atomic E-state index is 0.0713. The van der Waals surface area contributed by atoms with Gasteiger partial charge in [-0.05, 0) is 43.2 Å². The zero-order valence-electron chi connectivity index (χ0n) is 29.0. The molecule has 0 spiro atoms. The molecule has 270 valence electrons. The number of esters is 4. The lowest BCUT2D eigenvalue weighted by atomic mass is 10.1. The van der Waals surface area contributed by atoms with Gasteiger partial charge in [0.2, 0.25) is 0 Å². The Hall–Kier alpha value is -6.00. The second-order valence-electron chi connectivity index (χ2n) is 11.8. The molecule has 2 aliphatic rings. The Morgan fingerprint density at radius 3 is 2.12 bits per heavy atom. The number of nitrogens with two attached hydrogens (primary N) is 1. The summed E-state index contributed by atoms with van der Waals surface area (Å²) in [5.74, 6) is -3.96. The van der Waals surface area contributed by atoms with Crippen LogP contribution in [0.5, 0.6) is 0 Å². The van der Waals surface area contributed by atoms with E-state index in [-0.39, 0.29) is 43.3 Å². The molecule has 2 N–H and O–H groups in total. The molecule has 0 saturated carbocycles. The van der Waals surface area contributed by atoms with Crippen LogP contribution in [0.2, 0.25) is 0 Å². The third-order valence-electron chi connectivity index (χ3n) is 7.92. The third kappa shape index (κ3) is 9.17. The first kappa shape index (κ1) is 37.8. The minimum atomic E-state index is -1.53. The molecule has 1 aromatic carbocycles.